The van der Waals surface area contributed by atoms with E-state index in [1.54, 1.807) is 0 Å². The van der Waals surface area contributed by atoms with Crippen molar-refractivity contribution < 1.29 is 0 Å². The Kier molecular flexibility index (Phi) is 5.14. The van der Waals surface area contributed by atoms with Crippen LogP contribution < -0.4 is 5.43 Å². The zero-order chi connectivity index (χ0) is 27.7. The maximum absolute atomic E-state index is 13.3. The van der Waals surface area contributed by atoms with Crippen LogP contribution in [-0.2, 0) is 0 Å². The third-order valence-electron chi connectivity index (χ3n) is 8.61. The summed E-state index contributed by atoms with van der Waals surface area (Å²) in [7, 11) is 0. The van der Waals surface area contributed by atoms with Crippen LogP contribution in [-0.4, -0.2) is 4.57 Å². The van der Waals surface area contributed by atoms with Gasteiger partial charge >= 0.3 is 0 Å². The molecule has 0 saturated heterocycles. The number of benzene rings is 6. The van der Waals surface area contributed by atoms with E-state index in [1.165, 1.54) is 49.4 Å². The van der Waals surface area contributed by atoms with E-state index in [9.17, 15) is 4.79 Å². The molecule has 2 heteroatoms. The van der Waals surface area contributed by atoms with Crippen LogP contribution in [0.15, 0.2) is 132 Å². The highest BCUT2D eigenvalue weighted by Gasteiger charge is 2.17. The molecule has 41 heavy (non-hydrogen) atoms. The smallest absolute Gasteiger partial charge is 0.194 e. The molecule has 0 saturated carbocycles. The van der Waals surface area contributed by atoms with E-state index in [-0.39, 0.29) is 5.43 Å². The quantitative estimate of drug-likeness (QED) is 0.220. The lowest BCUT2D eigenvalue weighted by Crippen LogP contribution is -1.98. The molecule has 8 rings (SSSR count). The Morgan fingerprint density at radius 3 is 1.71 bits per heavy atom. The van der Waals surface area contributed by atoms with Gasteiger partial charge < -0.3 is 4.57 Å². The minimum absolute atomic E-state index is 0.0759. The molecule has 0 spiro atoms. The van der Waals surface area contributed by atoms with Crippen molar-refractivity contribution in [3.63, 3.8) is 0 Å². The fraction of sp³-hybridized carbons (Fsp3) is 0.0513. The molecule has 0 amide bonds. The second-order valence-corrected chi connectivity index (χ2v) is 11.0. The van der Waals surface area contributed by atoms with Gasteiger partial charge in [-0.2, -0.15) is 0 Å². The van der Waals surface area contributed by atoms with Gasteiger partial charge in [-0.05, 0) is 88.7 Å². The average molecular weight is 526 g/mol. The van der Waals surface area contributed by atoms with Crippen molar-refractivity contribution in [3.8, 4) is 16.8 Å². The molecule has 0 aliphatic carbocycles. The molecular formula is C39H27NO. The summed E-state index contributed by atoms with van der Waals surface area (Å²) in [5, 5.41) is 8.45. The van der Waals surface area contributed by atoms with Crippen LogP contribution in [0.2, 0.25) is 0 Å². The number of aromatic nitrogens is 1. The van der Waals surface area contributed by atoms with Gasteiger partial charge in [0, 0.05) is 26.9 Å². The fourth-order valence-electron chi connectivity index (χ4n) is 6.62. The Bertz CT molecular complexity index is 2350. The first-order valence-corrected chi connectivity index (χ1v) is 14.1. The fourth-order valence-corrected chi connectivity index (χ4v) is 6.62. The normalized spacial score (nSPS) is 11.8. The van der Waals surface area contributed by atoms with E-state index in [1.807, 2.05) is 36.4 Å². The van der Waals surface area contributed by atoms with Gasteiger partial charge in [0.2, 0.25) is 0 Å². The maximum Gasteiger partial charge on any atom is 0.194 e. The summed E-state index contributed by atoms with van der Waals surface area (Å²) in [6.07, 6.45) is 0. The number of aryl methyl sites for hydroxylation is 2. The van der Waals surface area contributed by atoms with Gasteiger partial charge in [0.1, 0.15) is 0 Å². The van der Waals surface area contributed by atoms with Crippen molar-refractivity contribution in [3.05, 3.63) is 149 Å². The van der Waals surface area contributed by atoms with Gasteiger partial charge in [0.15, 0.2) is 5.43 Å². The first-order chi connectivity index (χ1) is 20.1. The molecule has 0 atom stereocenters. The van der Waals surface area contributed by atoms with Gasteiger partial charge in [-0.3, -0.25) is 4.79 Å². The lowest BCUT2D eigenvalue weighted by Gasteiger charge is -2.13. The number of hydrogen-bond donors (Lipinski definition) is 0. The number of rotatable bonds is 2. The summed E-state index contributed by atoms with van der Waals surface area (Å²) in [6.45, 7) is 4.41. The largest absolute Gasteiger partial charge is 0.309 e. The third-order valence-corrected chi connectivity index (χ3v) is 8.61. The molecular weight excluding hydrogens is 498 g/mol. The molecule has 0 radical (unpaired) electrons. The van der Waals surface area contributed by atoms with Gasteiger partial charge in [0.05, 0.1) is 16.7 Å². The van der Waals surface area contributed by atoms with Crippen molar-refractivity contribution >= 4 is 54.1 Å². The van der Waals surface area contributed by atoms with Crippen LogP contribution in [0.5, 0.6) is 0 Å². The minimum atomic E-state index is 0.0759. The predicted octanol–water partition coefficient (Wildman–Crippen LogP) is 9.89. The molecule has 0 unspecified atom stereocenters. The Labute approximate surface area is 237 Å². The third kappa shape index (κ3) is 3.54. The first kappa shape index (κ1) is 23.7. The molecule has 0 aliphatic heterocycles. The van der Waals surface area contributed by atoms with Gasteiger partial charge in [0.25, 0.3) is 0 Å². The first-order valence-electron chi connectivity index (χ1n) is 14.1. The van der Waals surface area contributed by atoms with E-state index >= 15 is 0 Å². The zero-order valence-corrected chi connectivity index (χ0v) is 23.0. The van der Waals surface area contributed by atoms with Crippen molar-refractivity contribution in [1.82, 2.24) is 4.57 Å². The highest BCUT2D eigenvalue weighted by atomic mass is 16.1. The monoisotopic (exact) mass is 525 g/mol. The predicted molar refractivity (Wildman–Crippen MR) is 174 cm³/mol. The lowest BCUT2D eigenvalue weighted by molar-refractivity contribution is 1.20. The SMILES string of the molecule is Cc1cccc2c1c1c(C)cccc1n2-c1cccc2cc(-c3ccc4c(=O)c5ccccc5ccc4c3)ccc12. The maximum atomic E-state index is 13.3. The molecule has 0 fully saturated rings. The summed E-state index contributed by atoms with van der Waals surface area (Å²) in [4.78, 5) is 13.3. The molecule has 0 N–H and O–H groups in total. The summed E-state index contributed by atoms with van der Waals surface area (Å²) in [5.41, 5.74) is 8.54. The van der Waals surface area contributed by atoms with Crippen molar-refractivity contribution in [2.45, 2.75) is 13.8 Å². The highest BCUT2D eigenvalue weighted by molar-refractivity contribution is 6.13. The van der Waals surface area contributed by atoms with E-state index in [2.05, 4.69) is 109 Å². The highest BCUT2D eigenvalue weighted by Crippen LogP contribution is 2.38. The summed E-state index contributed by atoms with van der Waals surface area (Å²) in [5.74, 6) is 0. The Balaban J connectivity index is 1.33. The molecule has 194 valence electrons. The van der Waals surface area contributed by atoms with Gasteiger partial charge in [-0.15, -0.1) is 0 Å². The Morgan fingerprint density at radius 2 is 1.00 bits per heavy atom. The topological polar surface area (TPSA) is 22.0 Å². The average Bonchev–Trinajstić information content (AvgIpc) is 3.28. The molecule has 1 heterocycles. The molecule has 0 aliphatic rings. The second-order valence-electron chi connectivity index (χ2n) is 11.0. The van der Waals surface area contributed by atoms with E-state index < -0.39 is 0 Å². The van der Waals surface area contributed by atoms with Crippen LogP contribution in [0.3, 0.4) is 0 Å². The van der Waals surface area contributed by atoms with Crippen LogP contribution in [0, 0.1) is 13.8 Å². The van der Waals surface area contributed by atoms with Crippen molar-refractivity contribution in [2.75, 3.05) is 0 Å². The van der Waals surface area contributed by atoms with Crippen molar-refractivity contribution in [2.24, 2.45) is 0 Å². The zero-order valence-electron chi connectivity index (χ0n) is 23.0. The Hall–Kier alpha value is -5.21. The van der Waals surface area contributed by atoms with Gasteiger partial charge in [-0.1, -0.05) is 91.0 Å². The lowest BCUT2D eigenvalue weighted by atomic mass is 9.98. The van der Waals surface area contributed by atoms with Crippen LogP contribution >= 0.6 is 0 Å². The van der Waals surface area contributed by atoms with E-state index in [0.717, 1.165) is 32.7 Å². The Morgan fingerprint density at radius 1 is 0.463 bits per heavy atom. The van der Waals surface area contributed by atoms with Crippen LogP contribution in [0.4, 0.5) is 0 Å². The van der Waals surface area contributed by atoms with Gasteiger partial charge in [-0.25, -0.2) is 0 Å². The van der Waals surface area contributed by atoms with E-state index in [4.69, 9.17) is 0 Å². The molecule has 2 nitrogen and oxygen atoms in total. The summed E-state index contributed by atoms with van der Waals surface area (Å²) < 4.78 is 2.42. The minimum Gasteiger partial charge on any atom is -0.309 e. The molecule has 7 aromatic carbocycles. The molecule has 0 bridgehead atoms. The molecule has 1 aromatic heterocycles. The van der Waals surface area contributed by atoms with Crippen LogP contribution in [0.1, 0.15) is 11.1 Å². The molecule has 8 aromatic rings. The number of fused-ring (bicyclic) bond motifs is 6. The summed E-state index contributed by atoms with van der Waals surface area (Å²) >= 11 is 0. The van der Waals surface area contributed by atoms with E-state index in [0.29, 0.717) is 0 Å². The summed E-state index contributed by atoms with van der Waals surface area (Å²) in [6, 6.07) is 44.6. The van der Waals surface area contributed by atoms with Crippen LogP contribution in [0.25, 0.3) is 70.9 Å². The standard InChI is InChI=1S/C39H27NO/c1-24-8-5-14-35-37(24)38-25(2)9-6-15-36(38)40(35)34-13-7-11-29-22-27(18-20-31(29)34)28-19-21-33-30(23-28)17-16-26-10-3-4-12-32(26)39(33)41/h3-23H,1-2H3. The number of nitrogens with zero attached hydrogens (tertiary/aromatic N) is 1. The van der Waals surface area contributed by atoms with Crippen molar-refractivity contribution in [1.29, 1.82) is 0 Å². The second kappa shape index (κ2) is 8.90. The number of hydrogen-bond acceptors (Lipinski definition) is 1.